The maximum Gasteiger partial charge on any atom is 0.330 e. The van der Waals surface area contributed by atoms with E-state index in [0.29, 0.717) is 22.1 Å². The summed E-state index contributed by atoms with van der Waals surface area (Å²) >= 11 is 6.35. The normalized spacial score (nSPS) is 16.3. The number of carbonyl (C=O) groups is 1. The molecule has 7 heteroatoms. The molecule has 0 saturated carbocycles. The van der Waals surface area contributed by atoms with Crippen LogP contribution in [0.15, 0.2) is 53.9 Å². The predicted octanol–water partition coefficient (Wildman–Crippen LogP) is 3.52. The highest BCUT2D eigenvalue weighted by atomic mass is 35.5. The molecule has 2 aromatic rings. The molecule has 0 amide bonds. The minimum atomic E-state index is -0.473. The number of nitrogens with one attached hydrogen (secondary N) is 2. The standard InChI is InChI=1S/C18H15ClN4O2/c1-2-25-16(24)8-7-15-12(9-20)17(11-5-3-4-6-14(11)19)13-10-21-23-18(13)22-15/h3-8,10,17H,2H2,1H3,(H2,21,22,23). The summed E-state index contributed by atoms with van der Waals surface area (Å²) in [6.07, 6.45) is 4.48. The lowest BCUT2D eigenvalue weighted by Crippen LogP contribution is -2.17. The van der Waals surface area contributed by atoms with Gasteiger partial charge in [-0.25, -0.2) is 4.79 Å². The molecule has 1 atom stereocenters. The van der Waals surface area contributed by atoms with Crippen molar-refractivity contribution in [2.24, 2.45) is 0 Å². The van der Waals surface area contributed by atoms with Crippen molar-refractivity contribution >= 4 is 23.4 Å². The summed E-state index contributed by atoms with van der Waals surface area (Å²) in [5.74, 6) is -0.193. The number of H-pyrrole nitrogens is 1. The first kappa shape index (κ1) is 16.8. The Hall–Kier alpha value is -3.04. The van der Waals surface area contributed by atoms with Crippen LogP contribution in [-0.2, 0) is 9.53 Å². The quantitative estimate of drug-likeness (QED) is 0.647. The number of hydrogen-bond acceptors (Lipinski definition) is 5. The third-order valence-electron chi connectivity index (χ3n) is 3.83. The number of hydrogen-bond donors (Lipinski definition) is 2. The average molecular weight is 355 g/mol. The number of aromatic amines is 1. The van der Waals surface area contributed by atoms with Crippen molar-refractivity contribution in [2.75, 3.05) is 11.9 Å². The molecule has 6 nitrogen and oxygen atoms in total. The maximum atomic E-state index is 11.6. The fourth-order valence-electron chi connectivity index (χ4n) is 2.76. The van der Waals surface area contributed by atoms with Crippen LogP contribution in [0.2, 0.25) is 5.02 Å². The van der Waals surface area contributed by atoms with E-state index >= 15 is 0 Å². The first-order valence-electron chi connectivity index (χ1n) is 7.69. The molecule has 25 heavy (non-hydrogen) atoms. The number of halogens is 1. The lowest BCUT2D eigenvalue weighted by molar-refractivity contribution is -0.137. The monoisotopic (exact) mass is 354 g/mol. The minimum Gasteiger partial charge on any atom is -0.463 e. The zero-order valence-corrected chi connectivity index (χ0v) is 14.2. The van der Waals surface area contributed by atoms with E-state index < -0.39 is 5.97 Å². The van der Waals surface area contributed by atoms with Gasteiger partial charge < -0.3 is 10.1 Å². The number of nitrogens with zero attached hydrogens (tertiary/aromatic N) is 2. The molecule has 1 unspecified atom stereocenters. The summed E-state index contributed by atoms with van der Waals surface area (Å²) < 4.78 is 4.89. The third-order valence-corrected chi connectivity index (χ3v) is 4.17. The van der Waals surface area contributed by atoms with Gasteiger partial charge in [-0.15, -0.1) is 0 Å². The van der Waals surface area contributed by atoms with Crippen molar-refractivity contribution in [3.05, 3.63) is 70.0 Å². The molecule has 1 aliphatic rings. The molecule has 0 radical (unpaired) electrons. The number of esters is 1. The molecule has 126 valence electrons. The number of anilines is 1. The molecule has 0 spiro atoms. The number of aromatic nitrogens is 2. The summed E-state index contributed by atoms with van der Waals surface area (Å²) in [5.41, 5.74) is 2.56. The van der Waals surface area contributed by atoms with Gasteiger partial charge in [-0.3, -0.25) is 5.10 Å². The zero-order chi connectivity index (χ0) is 17.8. The lowest BCUT2D eigenvalue weighted by atomic mass is 9.83. The number of benzene rings is 1. The molecule has 0 aliphatic carbocycles. The largest absolute Gasteiger partial charge is 0.463 e. The first-order valence-corrected chi connectivity index (χ1v) is 8.07. The van der Waals surface area contributed by atoms with Crippen molar-refractivity contribution in [3.8, 4) is 6.07 Å². The number of fused-ring (bicyclic) bond motifs is 1. The molecule has 0 saturated heterocycles. The summed E-state index contributed by atoms with van der Waals surface area (Å²) in [5, 5.41) is 20.3. The molecule has 1 aromatic heterocycles. The SMILES string of the molecule is CCOC(=O)C=CC1=C(C#N)C(c2ccccc2Cl)c2cn[nH]c2N1. The second-order valence-corrected chi connectivity index (χ2v) is 5.71. The second kappa shape index (κ2) is 7.24. The van der Waals surface area contributed by atoms with Gasteiger partial charge in [0, 0.05) is 16.7 Å². The highest BCUT2D eigenvalue weighted by Gasteiger charge is 2.31. The van der Waals surface area contributed by atoms with Crippen LogP contribution in [0.4, 0.5) is 5.82 Å². The van der Waals surface area contributed by atoms with Crippen LogP contribution in [0, 0.1) is 11.3 Å². The van der Waals surface area contributed by atoms with Crippen LogP contribution < -0.4 is 5.32 Å². The van der Waals surface area contributed by atoms with Crippen LogP contribution >= 0.6 is 11.6 Å². The van der Waals surface area contributed by atoms with Crippen LogP contribution in [-0.4, -0.2) is 22.8 Å². The summed E-state index contributed by atoms with van der Waals surface area (Å²) in [6, 6.07) is 9.58. The summed E-state index contributed by atoms with van der Waals surface area (Å²) in [7, 11) is 0. The van der Waals surface area contributed by atoms with Gasteiger partial charge in [0.05, 0.1) is 36.1 Å². The fourth-order valence-corrected chi connectivity index (χ4v) is 3.00. The molecule has 2 N–H and O–H groups in total. The van der Waals surface area contributed by atoms with Crippen molar-refractivity contribution in [1.82, 2.24) is 10.2 Å². The van der Waals surface area contributed by atoms with E-state index in [4.69, 9.17) is 16.3 Å². The minimum absolute atomic E-state index is 0.285. The van der Waals surface area contributed by atoms with E-state index in [-0.39, 0.29) is 12.5 Å². The van der Waals surface area contributed by atoms with Crippen LogP contribution in [0.1, 0.15) is 24.0 Å². The molecular weight excluding hydrogens is 340 g/mol. The number of carbonyl (C=O) groups excluding carboxylic acids is 1. The van der Waals surface area contributed by atoms with Gasteiger partial charge in [0.2, 0.25) is 0 Å². The zero-order valence-electron chi connectivity index (χ0n) is 13.4. The Morgan fingerprint density at radius 2 is 2.24 bits per heavy atom. The van der Waals surface area contributed by atoms with Gasteiger partial charge in [-0.2, -0.15) is 10.4 Å². The Morgan fingerprint density at radius 3 is 2.96 bits per heavy atom. The van der Waals surface area contributed by atoms with Crippen LogP contribution in [0.25, 0.3) is 0 Å². The highest BCUT2D eigenvalue weighted by molar-refractivity contribution is 6.31. The van der Waals surface area contributed by atoms with E-state index in [2.05, 4.69) is 21.6 Å². The second-order valence-electron chi connectivity index (χ2n) is 5.30. The van der Waals surface area contributed by atoms with E-state index in [9.17, 15) is 10.1 Å². The van der Waals surface area contributed by atoms with Crippen LogP contribution in [0.3, 0.4) is 0 Å². The topological polar surface area (TPSA) is 90.8 Å². The molecule has 3 rings (SSSR count). The number of ether oxygens (including phenoxy) is 1. The Labute approximate surface area is 149 Å². The van der Waals surface area contributed by atoms with Gasteiger partial charge in [0.1, 0.15) is 5.82 Å². The van der Waals surface area contributed by atoms with Crippen molar-refractivity contribution in [2.45, 2.75) is 12.8 Å². The predicted molar refractivity (Wildman–Crippen MR) is 93.9 cm³/mol. The van der Waals surface area contributed by atoms with Gasteiger partial charge in [-0.1, -0.05) is 29.8 Å². The van der Waals surface area contributed by atoms with E-state index in [1.807, 2.05) is 18.2 Å². The Morgan fingerprint density at radius 1 is 1.44 bits per heavy atom. The summed E-state index contributed by atoms with van der Waals surface area (Å²) in [4.78, 5) is 11.6. The Bertz CT molecular complexity index is 908. The average Bonchev–Trinajstić information content (AvgIpc) is 3.07. The molecule has 0 fully saturated rings. The fraction of sp³-hybridized carbons (Fsp3) is 0.167. The smallest absolute Gasteiger partial charge is 0.330 e. The lowest BCUT2D eigenvalue weighted by Gasteiger charge is -2.25. The van der Waals surface area contributed by atoms with E-state index in [1.54, 1.807) is 19.2 Å². The maximum absolute atomic E-state index is 11.6. The molecule has 2 heterocycles. The molecular formula is C18H15ClN4O2. The van der Waals surface area contributed by atoms with Crippen molar-refractivity contribution in [1.29, 1.82) is 5.26 Å². The van der Waals surface area contributed by atoms with E-state index in [0.717, 1.165) is 11.1 Å². The van der Waals surface area contributed by atoms with Crippen molar-refractivity contribution < 1.29 is 9.53 Å². The number of nitriles is 1. The third kappa shape index (κ3) is 3.28. The molecule has 1 aliphatic heterocycles. The molecule has 0 bridgehead atoms. The van der Waals surface area contributed by atoms with Gasteiger partial charge in [0.25, 0.3) is 0 Å². The van der Waals surface area contributed by atoms with Gasteiger partial charge in [0.15, 0.2) is 0 Å². The Kier molecular flexibility index (Phi) is 4.87. The van der Waals surface area contributed by atoms with Crippen molar-refractivity contribution in [3.63, 3.8) is 0 Å². The van der Waals surface area contributed by atoms with Crippen LogP contribution in [0.5, 0.6) is 0 Å². The Balaban J connectivity index is 2.10. The first-order chi connectivity index (χ1) is 12.2. The number of rotatable bonds is 4. The number of allylic oxidation sites excluding steroid dienone is 2. The molecule has 1 aromatic carbocycles. The highest BCUT2D eigenvalue weighted by Crippen LogP contribution is 2.42. The van der Waals surface area contributed by atoms with Gasteiger partial charge >= 0.3 is 5.97 Å². The van der Waals surface area contributed by atoms with Gasteiger partial charge in [-0.05, 0) is 24.6 Å². The summed E-state index contributed by atoms with van der Waals surface area (Å²) in [6.45, 7) is 2.02. The van der Waals surface area contributed by atoms with E-state index in [1.165, 1.54) is 12.2 Å².